The number of likely N-dealkylation sites (tertiary alicyclic amines) is 1. The van der Waals surface area contributed by atoms with Gasteiger partial charge in [-0.15, -0.1) is 0 Å². The zero-order valence-corrected chi connectivity index (χ0v) is 12.1. The van der Waals surface area contributed by atoms with Crippen LogP contribution in [0, 0.1) is 11.8 Å². The largest absolute Gasteiger partial charge is 0.393 e. The van der Waals surface area contributed by atoms with Gasteiger partial charge in [0.2, 0.25) is 0 Å². The molecule has 18 heavy (non-hydrogen) atoms. The molecule has 1 heterocycles. The molecular weight excluding hydrogens is 222 g/mol. The second kappa shape index (κ2) is 7.49. The van der Waals surface area contributed by atoms with Gasteiger partial charge in [0.05, 0.1) is 6.10 Å². The first-order valence-corrected chi connectivity index (χ1v) is 8.20. The van der Waals surface area contributed by atoms with Gasteiger partial charge in [0, 0.05) is 6.54 Å². The highest BCUT2D eigenvalue weighted by atomic mass is 16.3. The van der Waals surface area contributed by atoms with Crippen molar-refractivity contribution < 1.29 is 5.11 Å². The highest BCUT2D eigenvalue weighted by Gasteiger charge is 2.25. The lowest BCUT2D eigenvalue weighted by Gasteiger charge is -2.28. The van der Waals surface area contributed by atoms with E-state index < -0.39 is 0 Å². The summed E-state index contributed by atoms with van der Waals surface area (Å²) in [6.07, 6.45) is 11.6. The standard InChI is InChI=1S/C16H31NO/c1-2-14-7-6-11-17(12-10-14)13-15-8-4-3-5-9-16(15)18/h14-16,18H,2-13H2,1H3. The highest BCUT2D eigenvalue weighted by Crippen LogP contribution is 2.26. The molecule has 1 saturated carbocycles. The number of nitrogens with zero attached hydrogens (tertiary/aromatic N) is 1. The fourth-order valence-corrected chi connectivity index (χ4v) is 3.73. The molecule has 0 spiro atoms. The smallest absolute Gasteiger partial charge is 0.0580 e. The molecule has 1 aliphatic heterocycles. The number of hydrogen-bond acceptors (Lipinski definition) is 2. The van der Waals surface area contributed by atoms with Gasteiger partial charge in [-0.3, -0.25) is 0 Å². The molecule has 2 aliphatic rings. The summed E-state index contributed by atoms with van der Waals surface area (Å²) in [4.78, 5) is 2.63. The molecule has 1 N–H and O–H groups in total. The van der Waals surface area contributed by atoms with Gasteiger partial charge in [-0.2, -0.15) is 0 Å². The maximum atomic E-state index is 10.2. The Labute approximate surface area is 113 Å². The van der Waals surface area contributed by atoms with E-state index >= 15 is 0 Å². The van der Waals surface area contributed by atoms with Crippen LogP contribution in [0.5, 0.6) is 0 Å². The fourth-order valence-electron chi connectivity index (χ4n) is 3.73. The topological polar surface area (TPSA) is 23.5 Å². The lowest BCUT2D eigenvalue weighted by atomic mass is 9.96. The molecule has 2 nitrogen and oxygen atoms in total. The first kappa shape index (κ1) is 14.3. The van der Waals surface area contributed by atoms with Crippen LogP contribution in [-0.2, 0) is 0 Å². The van der Waals surface area contributed by atoms with Crippen LogP contribution >= 0.6 is 0 Å². The Morgan fingerprint density at radius 3 is 2.61 bits per heavy atom. The summed E-state index contributed by atoms with van der Waals surface area (Å²) in [6, 6.07) is 0. The SMILES string of the molecule is CCC1CCCN(CC2CCCCCC2O)CC1. The van der Waals surface area contributed by atoms with Gasteiger partial charge in [-0.05, 0) is 57.0 Å². The van der Waals surface area contributed by atoms with E-state index in [4.69, 9.17) is 0 Å². The van der Waals surface area contributed by atoms with Crippen LogP contribution in [0.4, 0.5) is 0 Å². The van der Waals surface area contributed by atoms with E-state index in [1.165, 1.54) is 64.5 Å². The minimum Gasteiger partial charge on any atom is -0.393 e. The van der Waals surface area contributed by atoms with Gasteiger partial charge in [0.25, 0.3) is 0 Å². The number of aliphatic hydroxyl groups excluding tert-OH is 1. The molecule has 2 fully saturated rings. The molecule has 0 bridgehead atoms. The molecule has 0 aromatic carbocycles. The van der Waals surface area contributed by atoms with Crippen LogP contribution in [0.25, 0.3) is 0 Å². The van der Waals surface area contributed by atoms with E-state index in [0.29, 0.717) is 5.92 Å². The number of rotatable bonds is 3. The van der Waals surface area contributed by atoms with E-state index in [9.17, 15) is 5.11 Å². The second-order valence-electron chi connectivity index (χ2n) is 6.47. The molecule has 0 radical (unpaired) electrons. The molecule has 3 unspecified atom stereocenters. The van der Waals surface area contributed by atoms with E-state index in [1.54, 1.807) is 0 Å². The quantitative estimate of drug-likeness (QED) is 0.779. The molecule has 2 heteroatoms. The Balaban J connectivity index is 1.80. The van der Waals surface area contributed by atoms with Crippen molar-refractivity contribution in [1.29, 1.82) is 0 Å². The predicted octanol–water partition coefficient (Wildman–Crippen LogP) is 3.44. The van der Waals surface area contributed by atoms with Crippen LogP contribution < -0.4 is 0 Å². The maximum Gasteiger partial charge on any atom is 0.0580 e. The minimum absolute atomic E-state index is 0.0299. The van der Waals surface area contributed by atoms with Crippen molar-refractivity contribution in [3.63, 3.8) is 0 Å². The summed E-state index contributed by atoms with van der Waals surface area (Å²) in [5.74, 6) is 1.50. The Hall–Kier alpha value is -0.0800. The molecule has 1 saturated heterocycles. The highest BCUT2D eigenvalue weighted by molar-refractivity contribution is 4.78. The van der Waals surface area contributed by atoms with Crippen molar-refractivity contribution in [2.24, 2.45) is 11.8 Å². The number of hydrogen-bond donors (Lipinski definition) is 1. The zero-order chi connectivity index (χ0) is 12.8. The van der Waals surface area contributed by atoms with Crippen molar-refractivity contribution in [2.75, 3.05) is 19.6 Å². The van der Waals surface area contributed by atoms with Crippen LogP contribution in [0.2, 0.25) is 0 Å². The summed E-state index contributed by atoms with van der Waals surface area (Å²) >= 11 is 0. The average molecular weight is 253 g/mol. The lowest BCUT2D eigenvalue weighted by molar-refractivity contribution is 0.0739. The summed E-state index contributed by atoms with van der Waals surface area (Å²) < 4.78 is 0. The van der Waals surface area contributed by atoms with Crippen molar-refractivity contribution in [3.8, 4) is 0 Å². The summed E-state index contributed by atoms with van der Waals surface area (Å²) in [6.45, 7) is 6.01. The Morgan fingerprint density at radius 1 is 0.944 bits per heavy atom. The average Bonchev–Trinajstić information content (AvgIpc) is 2.72. The summed E-state index contributed by atoms with van der Waals surface area (Å²) in [7, 11) is 0. The number of aliphatic hydroxyl groups is 1. The molecule has 106 valence electrons. The van der Waals surface area contributed by atoms with Crippen LogP contribution in [0.1, 0.15) is 64.7 Å². The van der Waals surface area contributed by atoms with Gasteiger partial charge in [0.1, 0.15) is 0 Å². The normalized spacial score (nSPS) is 36.0. The second-order valence-corrected chi connectivity index (χ2v) is 6.47. The Kier molecular flexibility index (Phi) is 5.97. The summed E-state index contributed by atoms with van der Waals surface area (Å²) in [5.41, 5.74) is 0. The Bertz CT molecular complexity index is 231. The molecule has 0 aromatic heterocycles. The first-order valence-electron chi connectivity index (χ1n) is 8.20. The van der Waals surface area contributed by atoms with Crippen LogP contribution in [0.15, 0.2) is 0 Å². The lowest BCUT2D eigenvalue weighted by Crippen LogP contribution is -2.35. The van der Waals surface area contributed by atoms with Gasteiger partial charge in [-0.25, -0.2) is 0 Å². The van der Waals surface area contributed by atoms with Crippen molar-refractivity contribution in [2.45, 2.75) is 70.8 Å². The van der Waals surface area contributed by atoms with Crippen molar-refractivity contribution in [1.82, 2.24) is 4.90 Å². The third kappa shape index (κ3) is 4.24. The molecular formula is C16H31NO. The first-order chi connectivity index (χ1) is 8.79. The van der Waals surface area contributed by atoms with E-state index in [0.717, 1.165) is 18.9 Å². The van der Waals surface area contributed by atoms with E-state index in [2.05, 4.69) is 11.8 Å². The van der Waals surface area contributed by atoms with Crippen molar-refractivity contribution >= 4 is 0 Å². The van der Waals surface area contributed by atoms with E-state index in [1.807, 2.05) is 0 Å². The van der Waals surface area contributed by atoms with Crippen LogP contribution in [0.3, 0.4) is 0 Å². The van der Waals surface area contributed by atoms with Gasteiger partial charge in [-0.1, -0.05) is 32.6 Å². The monoisotopic (exact) mass is 253 g/mol. The minimum atomic E-state index is -0.0299. The van der Waals surface area contributed by atoms with Gasteiger partial charge >= 0.3 is 0 Å². The molecule has 2 rings (SSSR count). The molecule has 0 aromatic rings. The van der Waals surface area contributed by atoms with Crippen molar-refractivity contribution in [3.05, 3.63) is 0 Å². The third-order valence-corrected chi connectivity index (χ3v) is 5.13. The predicted molar refractivity (Wildman–Crippen MR) is 76.7 cm³/mol. The van der Waals surface area contributed by atoms with Gasteiger partial charge in [0.15, 0.2) is 0 Å². The molecule has 1 aliphatic carbocycles. The molecule has 0 amide bonds. The zero-order valence-electron chi connectivity index (χ0n) is 12.1. The summed E-state index contributed by atoms with van der Waals surface area (Å²) in [5, 5.41) is 10.2. The third-order valence-electron chi connectivity index (χ3n) is 5.13. The van der Waals surface area contributed by atoms with E-state index in [-0.39, 0.29) is 6.10 Å². The maximum absolute atomic E-state index is 10.2. The van der Waals surface area contributed by atoms with Gasteiger partial charge < -0.3 is 10.0 Å². The fraction of sp³-hybridized carbons (Fsp3) is 1.00. The molecule has 3 atom stereocenters. The Morgan fingerprint density at radius 2 is 1.78 bits per heavy atom. The van der Waals surface area contributed by atoms with Crippen LogP contribution in [-0.4, -0.2) is 35.7 Å².